The van der Waals surface area contributed by atoms with Crippen LogP contribution in [0, 0.1) is 5.92 Å². The van der Waals surface area contributed by atoms with Crippen molar-refractivity contribution in [1.29, 1.82) is 0 Å². The molecule has 2 aromatic carbocycles. The minimum absolute atomic E-state index is 0.0391. The largest absolute Gasteiger partial charge is 0.496 e. The first-order chi connectivity index (χ1) is 16.5. The second kappa shape index (κ2) is 9.29. The smallest absolute Gasteiger partial charge is 0.256 e. The molecule has 3 aliphatic rings. The number of carbonyl (C=O) groups is 3. The molecule has 0 spiro atoms. The Hall–Kier alpha value is -3.06. The molecule has 34 heavy (non-hydrogen) atoms. The predicted molar refractivity (Wildman–Crippen MR) is 130 cm³/mol. The zero-order chi connectivity index (χ0) is 23.8. The molecule has 7 nitrogen and oxygen atoms in total. The molecule has 2 aromatic rings. The quantitative estimate of drug-likeness (QED) is 0.712. The summed E-state index contributed by atoms with van der Waals surface area (Å²) in [5.41, 5.74) is 2.42. The minimum Gasteiger partial charge on any atom is -0.496 e. The Labute approximate surface area is 204 Å². The van der Waals surface area contributed by atoms with E-state index in [9.17, 15) is 14.4 Å². The summed E-state index contributed by atoms with van der Waals surface area (Å²) in [6.45, 7) is 1.01. The average Bonchev–Trinajstić information content (AvgIpc) is 2.97. The van der Waals surface area contributed by atoms with Gasteiger partial charge in [0.05, 0.1) is 24.9 Å². The third-order valence-electron chi connectivity index (χ3n) is 7.19. The van der Waals surface area contributed by atoms with E-state index in [1.807, 2.05) is 6.07 Å². The zero-order valence-corrected chi connectivity index (χ0v) is 19.9. The Kier molecular flexibility index (Phi) is 6.21. The lowest BCUT2D eigenvalue weighted by atomic mass is 9.88. The molecular formula is C26H28ClN3O4. The summed E-state index contributed by atoms with van der Waals surface area (Å²) < 4.78 is 5.48. The monoisotopic (exact) mass is 481 g/mol. The van der Waals surface area contributed by atoms with E-state index >= 15 is 0 Å². The lowest BCUT2D eigenvalue weighted by Gasteiger charge is -2.40. The molecule has 2 aliphatic heterocycles. The number of rotatable bonds is 3. The Morgan fingerprint density at radius 1 is 1.03 bits per heavy atom. The maximum Gasteiger partial charge on any atom is 0.256 e. The first-order valence-corrected chi connectivity index (χ1v) is 12.2. The Morgan fingerprint density at radius 2 is 1.82 bits per heavy atom. The Balaban J connectivity index is 1.42. The van der Waals surface area contributed by atoms with Crippen molar-refractivity contribution in [2.24, 2.45) is 5.92 Å². The normalized spacial score (nSPS) is 20.8. The van der Waals surface area contributed by atoms with Gasteiger partial charge in [-0.05, 0) is 48.7 Å². The van der Waals surface area contributed by atoms with Gasteiger partial charge in [-0.25, -0.2) is 0 Å². The lowest BCUT2D eigenvalue weighted by Crippen LogP contribution is -2.60. The van der Waals surface area contributed by atoms with Crippen molar-refractivity contribution in [3.8, 4) is 16.9 Å². The van der Waals surface area contributed by atoms with Gasteiger partial charge in [0.1, 0.15) is 11.8 Å². The molecule has 3 amide bonds. The van der Waals surface area contributed by atoms with Gasteiger partial charge in [0.25, 0.3) is 5.91 Å². The molecule has 0 radical (unpaired) electrons. The fourth-order valence-electron chi connectivity index (χ4n) is 5.33. The summed E-state index contributed by atoms with van der Waals surface area (Å²) in [5.74, 6) is 0.323. The molecule has 8 heteroatoms. The number of nitrogens with one attached hydrogen (secondary N) is 1. The number of piperazine rings is 1. The number of fused-ring (bicyclic) bond motifs is 2. The van der Waals surface area contributed by atoms with E-state index in [1.54, 1.807) is 47.2 Å². The molecule has 1 aliphatic carbocycles. The van der Waals surface area contributed by atoms with Crippen LogP contribution >= 0.6 is 11.6 Å². The first-order valence-electron chi connectivity index (χ1n) is 11.8. The van der Waals surface area contributed by atoms with Gasteiger partial charge in [0, 0.05) is 29.6 Å². The topological polar surface area (TPSA) is 79.0 Å². The molecule has 1 N–H and O–H groups in total. The van der Waals surface area contributed by atoms with E-state index in [2.05, 4.69) is 5.32 Å². The highest BCUT2D eigenvalue weighted by atomic mass is 35.5. The molecule has 2 heterocycles. The number of hydrogen-bond donors (Lipinski definition) is 1. The van der Waals surface area contributed by atoms with E-state index < -0.39 is 6.04 Å². The molecule has 1 saturated heterocycles. The summed E-state index contributed by atoms with van der Waals surface area (Å²) >= 11 is 6.21. The number of anilines is 1. The van der Waals surface area contributed by atoms with Crippen molar-refractivity contribution in [1.82, 2.24) is 9.80 Å². The van der Waals surface area contributed by atoms with Crippen LogP contribution in [0.3, 0.4) is 0 Å². The van der Waals surface area contributed by atoms with Gasteiger partial charge in [-0.1, -0.05) is 36.9 Å². The Bertz CT molecular complexity index is 1140. The molecule has 1 saturated carbocycles. The molecule has 5 rings (SSSR count). The van der Waals surface area contributed by atoms with Crippen LogP contribution in [-0.2, 0) is 9.59 Å². The minimum atomic E-state index is -0.703. The third-order valence-corrected chi connectivity index (χ3v) is 7.43. The van der Waals surface area contributed by atoms with E-state index in [-0.39, 0.29) is 30.2 Å². The van der Waals surface area contributed by atoms with Crippen molar-refractivity contribution in [3.05, 3.63) is 47.0 Å². The van der Waals surface area contributed by atoms with Crippen LogP contribution in [-0.4, -0.2) is 60.3 Å². The maximum atomic E-state index is 13.6. The van der Waals surface area contributed by atoms with Gasteiger partial charge in [0.15, 0.2) is 0 Å². The highest BCUT2D eigenvalue weighted by Crippen LogP contribution is 2.36. The number of hydrogen-bond acceptors (Lipinski definition) is 4. The lowest BCUT2D eigenvalue weighted by molar-refractivity contribution is -0.140. The summed E-state index contributed by atoms with van der Waals surface area (Å²) in [6.07, 6.45) is 5.16. The van der Waals surface area contributed by atoms with E-state index in [0.717, 1.165) is 36.8 Å². The van der Waals surface area contributed by atoms with Crippen LogP contribution in [0.2, 0.25) is 5.02 Å². The summed E-state index contributed by atoms with van der Waals surface area (Å²) in [6, 6.07) is 9.97. The summed E-state index contributed by atoms with van der Waals surface area (Å²) in [7, 11) is 1.58. The molecule has 0 aromatic heterocycles. The number of ether oxygens (including phenoxy) is 1. The molecule has 0 bridgehead atoms. The van der Waals surface area contributed by atoms with Gasteiger partial charge in [-0.2, -0.15) is 0 Å². The van der Waals surface area contributed by atoms with E-state index in [1.165, 1.54) is 6.42 Å². The van der Waals surface area contributed by atoms with E-state index in [4.69, 9.17) is 16.3 Å². The molecular weight excluding hydrogens is 454 g/mol. The fraction of sp³-hybridized carbons (Fsp3) is 0.423. The van der Waals surface area contributed by atoms with Crippen LogP contribution in [0.1, 0.15) is 42.5 Å². The van der Waals surface area contributed by atoms with Gasteiger partial charge in [-0.15, -0.1) is 0 Å². The van der Waals surface area contributed by atoms with Crippen LogP contribution in [0.5, 0.6) is 5.75 Å². The van der Waals surface area contributed by atoms with Gasteiger partial charge in [-0.3, -0.25) is 14.4 Å². The van der Waals surface area contributed by atoms with Crippen molar-refractivity contribution in [3.63, 3.8) is 0 Å². The number of methoxy groups -OCH3 is 1. The number of carbonyl (C=O) groups excluding carboxylic acids is 3. The van der Waals surface area contributed by atoms with Gasteiger partial charge < -0.3 is 19.9 Å². The fourth-order valence-corrected chi connectivity index (χ4v) is 5.50. The van der Waals surface area contributed by atoms with Crippen LogP contribution in [0.15, 0.2) is 36.4 Å². The SMILES string of the molecule is COc1ccc(Cl)cc1-c1ccc2c(c1)C(=O)N1CCN(C(=O)C3CCCCC3)CC1C(=O)N2. The first kappa shape index (κ1) is 22.7. The van der Waals surface area contributed by atoms with Crippen LogP contribution < -0.4 is 10.1 Å². The highest BCUT2D eigenvalue weighted by molar-refractivity contribution is 6.31. The van der Waals surface area contributed by atoms with E-state index in [0.29, 0.717) is 35.1 Å². The average molecular weight is 482 g/mol. The summed E-state index contributed by atoms with van der Waals surface area (Å²) in [5, 5.41) is 3.47. The molecule has 2 fully saturated rings. The van der Waals surface area contributed by atoms with Crippen molar-refractivity contribution < 1.29 is 19.1 Å². The van der Waals surface area contributed by atoms with Crippen molar-refractivity contribution >= 4 is 35.0 Å². The Morgan fingerprint density at radius 3 is 2.59 bits per heavy atom. The number of nitrogens with zero attached hydrogens (tertiary/aromatic N) is 2. The molecule has 1 atom stereocenters. The van der Waals surface area contributed by atoms with Gasteiger partial charge >= 0.3 is 0 Å². The number of amides is 3. The maximum absolute atomic E-state index is 13.6. The molecule has 178 valence electrons. The van der Waals surface area contributed by atoms with Gasteiger partial charge in [0.2, 0.25) is 11.8 Å². The second-order valence-corrected chi connectivity index (χ2v) is 9.66. The predicted octanol–water partition coefficient (Wildman–Crippen LogP) is 4.20. The molecule has 1 unspecified atom stereocenters. The summed E-state index contributed by atoms with van der Waals surface area (Å²) in [4.78, 5) is 43.2. The van der Waals surface area contributed by atoms with Crippen LogP contribution in [0.25, 0.3) is 11.1 Å². The van der Waals surface area contributed by atoms with Crippen molar-refractivity contribution in [2.75, 3.05) is 32.1 Å². The second-order valence-electron chi connectivity index (χ2n) is 9.23. The standard InChI is InChI=1S/C26H28ClN3O4/c1-34-23-10-8-18(27)14-19(23)17-7-9-21-20(13-17)26(33)30-12-11-29(15-22(30)24(31)28-21)25(32)16-5-3-2-4-6-16/h7-10,13-14,16,22H,2-6,11-12,15H2,1H3,(H,28,31). The van der Waals surface area contributed by atoms with Crippen LogP contribution in [0.4, 0.5) is 5.69 Å². The third kappa shape index (κ3) is 4.13. The highest BCUT2D eigenvalue weighted by Gasteiger charge is 2.41. The number of benzene rings is 2. The number of halogens is 1. The van der Waals surface area contributed by atoms with Crippen molar-refractivity contribution in [2.45, 2.75) is 38.1 Å². The zero-order valence-electron chi connectivity index (χ0n) is 19.2.